The van der Waals surface area contributed by atoms with Crippen LogP contribution in [0.15, 0.2) is 12.2 Å². The van der Waals surface area contributed by atoms with Gasteiger partial charge in [0.25, 0.3) is 0 Å². The number of halogens is 1. The zero-order chi connectivity index (χ0) is 8.93. The fourth-order valence-electron chi connectivity index (χ4n) is 1.95. The van der Waals surface area contributed by atoms with Crippen molar-refractivity contribution >= 4 is 11.6 Å². The SMILES string of the molecule is CC1C2C=CC(O2)C(C)(Cl)C1O. The van der Waals surface area contributed by atoms with E-state index in [1.165, 1.54) is 0 Å². The van der Waals surface area contributed by atoms with E-state index in [0.29, 0.717) is 0 Å². The Bertz CT molecular complexity index is 225. The molecule has 3 heteroatoms. The third kappa shape index (κ3) is 0.951. The van der Waals surface area contributed by atoms with Crippen LogP contribution in [0, 0.1) is 5.92 Å². The standard InChI is InChI=1S/C9H13ClO2/c1-5-6-3-4-7(12-6)9(2,10)8(5)11/h3-8,11H,1-2H3. The Morgan fingerprint density at radius 3 is 2.83 bits per heavy atom. The molecule has 2 aliphatic heterocycles. The molecule has 0 radical (unpaired) electrons. The number of fused-ring (bicyclic) bond motifs is 2. The van der Waals surface area contributed by atoms with Crippen LogP contribution in [0.2, 0.25) is 0 Å². The molecule has 2 nitrogen and oxygen atoms in total. The topological polar surface area (TPSA) is 29.5 Å². The molecule has 1 N–H and O–H groups in total. The van der Waals surface area contributed by atoms with Gasteiger partial charge in [0.2, 0.25) is 0 Å². The Hall–Kier alpha value is -0.0500. The molecule has 0 aliphatic carbocycles. The predicted molar refractivity (Wildman–Crippen MR) is 47.2 cm³/mol. The van der Waals surface area contributed by atoms with Crippen LogP contribution in [-0.2, 0) is 4.74 Å². The molecule has 2 rings (SSSR count). The molecule has 0 spiro atoms. The molecular weight excluding hydrogens is 176 g/mol. The number of aliphatic hydroxyl groups is 1. The van der Waals surface area contributed by atoms with Gasteiger partial charge in [0.15, 0.2) is 0 Å². The smallest absolute Gasteiger partial charge is 0.0979 e. The van der Waals surface area contributed by atoms with Crippen molar-refractivity contribution in [1.29, 1.82) is 0 Å². The number of hydrogen-bond acceptors (Lipinski definition) is 2. The van der Waals surface area contributed by atoms with E-state index in [0.717, 1.165) is 0 Å². The molecule has 1 saturated heterocycles. The first-order chi connectivity index (χ1) is 5.53. The van der Waals surface area contributed by atoms with E-state index in [-0.39, 0.29) is 18.1 Å². The maximum absolute atomic E-state index is 9.83. The fraction of sp³-hybridized carbons (Fsp3) is 0.778. The van der Waals surface area contributed by atoms with Crippen molar-refractivity contribution in [2.75, 3.05) is 0 Å². The van der Waals surface area contributed by atoms with E-state index in [9.17, 15) is 5.11 Å². The van der Waals surface area contributed by atoms with Crippen molar-refractivity contribution in [2.45, 2.75) is 37.0 Å². The van der Waals surface area contributed by atoms with Crippen LogP contribution in [0.5, 0.6) is 0 Å². The average Bonchev–Trinajstić information content (AvgIpc) is 2.46. The summed E-state index contributed by atoms with van der Waals surface area (Å²) in [6.07, 6.45) is 3.38. The summed E-state index contributed by atoms with van der Waals surface area (Å²) in [5.41, 5.74) is 0. The lowest BCUT2D eigenvalue weighted by Gasteiger charge is -2.42. The number of ether oxygens (including phenoxy) is 1. The number of alkyl halides is 1. The zero-order valence-corrected chi connectivity index (χ0v) is 7.95. The third-order valence-electron chi connectivity index (χ3n) is 2.93. The molecule has 5 atom stereocenters. The highest BCUT2D eigenvalue weighted by molar-refractivity contribution is 6.24. The highest BCUT2D eigenvalue weighted by Gasteiger charge is 2.51. The van der Waals surface area contributed by atoms with Crippen molar-refractivity contribution in [3.05, 3.63) is 12.2 Å². The van der Waals surface area contributed by atoms with Gasteiger partial charge in [0, 0.05) is 5.92 Å². The van der Waals surface area contributed by atoms with Crippen molar-refractivity contribution < 1.29 is 9.84 Å². The molecule has 1 fully saturated rings. The van der Waals surface area contributed by atoms with Gasteiger partial charge in [-0.05, 0) is 6.92 Å². The summed E-state index contributed by atoms with van der Waals surface area (Å²) >= 11 is 6.18. The Kier molecular flexibility index (Phi) is 1.76. The highest BCUT2D eigenvalue weighted by atomic mass is 35.5. The summed E-state index contributed by atoms with van der Waals surface area (Å²) in [5.74, 6) is 0.0856. The quantitative estimate of drug-likeness (QED) is 0.459. The van der Waals surface area contributed by atoms with Crippen LogP contribution in [0.4, 0.5) is 0 Å². The number of aliphatic hydroxyl groups excluding tert-OH is 1. The van der Waals surface area contributed by atoms with Crippen molar-refractivity contribution in [3.8, 4) is 0 Å². The first-order valence-electron chi connectivity index (χ1n) is 4.24. The van der Waals surface area contributed by atoms with Gasteiger partial charge in [-0.3, -0.25) is 0 Å². The summed E-state index contributed by atoms with van der Waals surface area (Å²) in [5, 5.41) is 9.83. The predicted octanol–water partition coefficient (Wildman–Crippen LogP) is 1.32. The second-order valence-electron chi connectivity index (χ2n) is 3.86. The second kappa shape index (κ2) is 2.47. The monoisotopic (exact) mass is 188 g/mol. The Morgan fingerprint density at radius 1 is 1.50 bits per heavy atom. The van der Waals surface area contributed by atoms with E-state index < -0.39 is 11.0 Å². The Labute approximate surface area is 77.2 Å². The number of hydrogen-bond donors (Lipinski definition) is 1. The summed E-state index contributed by atoms with van der Waals surface area (Å²) < 4.78 is 5.59. The first kappa shape index (κ1) is 8.54. The van der Waals surface area contributed by atoms with Gasteiger partial charge < -0.3 is 9.84 Å². The molecule has 68 valence electrons. The van der Waals surface area contributed by atoms with E-state index in [2.05, 4.69) is 0 Å². The average molecular weight is 189 g/mol. The molecule has 12 heavy (non-hydrogen) atoms. The third-order valence-corrected chi connectivity index (χ3v) is 3.37. The van der Waals surface area contributed by atoms with E-state index in [4.69, 9.17) is 16.3 Å². The largest absolute Gasteiger partial charge is 0.391 e. The minimum atomic E-state index is -0.664. The Balaban J connectivity index is 2.32. The highest BCUT2D eigenvalue weighted by Crippen LogP contribution is 2.42. The molecule has 5 unspecified atom stereocenters. The second-order valence-corrected chi connectivity index (χ2v) is 4.68. The Morgan fingerprint density at radius 2 is 2.17 bits per heavy atom. The van der Waals surface area contributed by atoms with Gasteiger partial charge in [0.1, 0.15) is 0 Å². The zero-order valence-electron chi connectivity index (χ0n) is 7.20. The lowest BCUT2D eigenvalue weighted by molar-refractivity contribution is -0.104. The molecule has 2 aliphatic rings. The van der Waals surface area contributed by atoms with Crippen LogP contribution in [0.3, 0.4) is 0 Å². The lowest BCUT2D eigenvalue weighted by Crippen LogP contribution is -2.54. The normalized spacial score (nSPS) is 57.7. The summed E-state index contributed by atoms with van der Waals surface area (Å²) in [6.45, 7) is 3.79. The van der Waals surface area contributed by atoms with Crippen molar-refractivity contribution in [2.24, 2.45) is 5.92 Å². The van der Waals surface area contributed by atoms with Gasteiger partial charge in [-0.15, -0.1) is 11.6 Å². The van der Waals surface area contributed by atoms with E-state index in [1.54, 1.807) is 0 Å². The molecule has 0 saturated carbocycles. The van der Waals surface area contributed by atoms with Crippen molar-refractivity contribution in [3.63, 3.8) is 0 Å². The van der Waals surface area contributed by atoms with Gasteiger partial charge in [-0.1, -0.05) is 19.1 Å². The minimum Gasteiger partial charge on any atom is -0.391 e. The molecule has 0 aromatic heterocycles. The number of rotatable bonds is 0. The molecular formula is C9H13ClO2. The summed E-state index contributed by atoms with van der Waals surface area (Å²) in [6, 6.07) is 0. The molecule has 0 amide bonds. The maximum Gasteiger partial charge on any atom is 0.0979 e. The van der Waals surface area contributed by atoms with Gasteiger partial charge >= 0.3 is 0 Å². The van der Waals surface area contributed by atoms with E-state index in [1.807, 2.05) is 26.0 Å². The summed E-state index contributed by atoms with van der Waals surface area (Å²) in [7, 11) is 0. The van der Waals surface area contributed by atoms with Gasteiger partial charge in [-0.2, -0.15) is 0 Å². The molecule has 0 aromatic rings. The molecule has 2 bridgehead atoms. The van der Waals surface area contributed by atoms with Gasteiger partial charge in [-0.25, -0.2) is 0 Å². The molecule has 0 aromatic carbocycles. The lowest BCUT2D eigenvalue weighted by atomic mass is 9.85. The summed E-state index contributed by atoms with van der Waals surface area (Å²) in [4.78, 5) is -0.664. The van der Waals surface area contributed by atoms with Crippen LogP contribution >= 0.6 is 11.6 Å². The van der Waals surface area contributed by atoms with Crippen LogP contribution in [0.25, 0.3) is 0 Å². The van der Waals surface area contributed by atoms with Crippen molar-refractivity contribution in [1.82, 2.24) is 0 Å². The minimum absolute atomic E-state index is 0.0526. The fourth-order valence-corrected chi connectivity index (χ4v) is 2.28. The van der Waals surface area contributed by atoms with Crippen LogP contribution < -0.4 is 0 Å². The maximum atomic E-state index is 9.83. The molecule has 2 heterocycles. The van der Waals surface area contributed by atoms with Crippen LogP contribution in [-0.4, -0.2) is 28.3 Å². The van der Waals surface area contributed by atoms with E-state index >= 15 is 0 Å². The van der Waals surface area contributed by atoms with Crippen LogP contribution in [0.1, 0.15) is 13.8 Å². The first-order valence-corrected chi connectivity index (χ1v) is 4.62. The van der Waals surface area contributed by atoms with Gasteiger partial charge in [0.05, 0.1) is 23.2 Å².